The van der Waals surface area contributed by atoms with E-state index in [1.807, 2.05) is 19.9 Å². The van der Waals surface area contributed by atoms with Gasteiger partial charge in [0.25, 0.3) is 0 Å². The number of nitrogens with zero attached hydrogens (tertiary/aromatic N) is 2. The molecule has 0 spiro atoms. The number of benzene rings is 1. The van der Waals surface area contributed by atoms with E-state index in [9.17, 15) is 4.79 Å². The summed E-state index contributed by atoms with van der Waals surface area (Å²) in [5.74, 6) is -0.691. The van der Waals surface area contributed by atoms with Crippen LogP contribution in [0.15, 0.2) is 24.3 Å². The minimum atomic E-state index is -1.06. The molecule has 0 atom stereocenters. The molecule has 98 valence electrons. The number of carbonyl (C=O) groups is 1. The number of carboxylic acid groups (broad SMARTS) is 1. The second kappa shape index (κ2) is 4.93. The first-order valence-corrected chi connectivity index (χ1v) is 5.68. The van der Waals surface area contributed by atoms with Crippen LogP contribution >= 0.6 is 0 Å². The third-order valence-corrected chi connectivity index (χ3v) is 2.50. The molecule has 0 aliphatic heterocycles. The number of aryl methyl sites for hydroxylation is 2. The molecule has 1 aromatic carbocycles. The Bertz CT molecular complexity index is 620. The van der Waals surface area contributed by atoms with Crippen LogP contribution in [0.4, 0.5) is 17.3 Å². The topological polar surface area (TPSA) is 101 Å². The van der Waals surface area contributed by atoms with Gasteiger partial charge in [0.1, 0.15) is 0 Å². The van der Waals surface area contributed by atoms with Crippen molar-refractivity contribution in [3.8, 4) is 0 Å². The summed E-state index contributed by atoms with van der Waals surface area (Å²) in [6, 6.07) is 6.46. The summed E-state index contributed by atoms with van der Waals surface area (Å²) in [6.07, 6.45) is 0. The summed E-state index contributed by atoms with van der Waals surface area (Å²) >= 11 is 0. The SMILES string of the molecule is Cc1cc(C)nc(Nc2ccc(N)cc2C(=O)O)n1. The Morgan fingerprint density at radius 2 is 1.84 bits per heavy atom. The second-order valence-corrected chi connectivity index (χ2v) is 4.21. The van der Waals surface area contributed by atoms with E-state index < -0.39 is 5.97 Å². The number of nitrogen functional groups attached to an aromatic ring is 1. The Labute approximate surface area is 110 Å². The van der Waals surface area contributed by atoms with Crippen molar-refractivity contribution in [2.45, 2.75) is 13.8 Å². The lowest BCUT2D eigenvalue weighted by Crippen LogP contribution is -2.06. The van der Waals surface area contributed by atoms with Crippen molar-refractivity contribution in [1.82, 2.24) is 9.97 Å². The molecule has 4 N–H and O–H groups in total. The van der Waals surface area contributed by atoms with Gasteiger partial charge in [0.2, 0.25) is 5.95 Å². The van der Waals surface area contributed by atoms with Crippen LogP contribution in [0.3, 0.4) is 0 Å². The summed E-state index contributed by atoms with van der Waals surface area (Å²) in [6.45, 7) is 3.70. The van der Waals surface area contributed by atoms with Crippen LogP contribution in [-0.2, 0) is 0 Å². The first kappa shape index (κ1) is 12.8. The van der Waals surface area contributed by atoms with Gasteiger partial charge in [-0.1, -0.05) is 0 Å². The van der Waals surface area contributed by atoms with Gasteiger partial charge in [-0.15, -0.1) is 0 Å². The summed E-state index contributed by atoms with van der Waals surface area (Å²) in [5.41, 5.74) is 8.09. The zero-order chi connectivity index (χ0) is 14.0. The summed E-state index contributed by atoms with van der Waals surface area (Å²) < 4.78 is 0. The molecule has 1 aromatic heterocycles. The number of carboxylic acids is 1. The van der Waals surface area contributed by atoms with Gasteiger partial charge in [-0.25, -0.2) is 14.8 Å². The largest absolute Gasteiger partial charge is 0.478 e. The predicted molar refractivity (Wildman–Crippen MR) is 72.6 cm³/mol. The van der Waals surface area contributed by atoms with Gasteiger partial charge in [0, 0.05) is 17.1 Å². The van der Waals surface area contributed by atoms with Crippen LogP contribution < -0.4 is 11.1 Å². The highest BCUT2D eigenvalue weighted by molar-refractivity contribution is 5.96. The maximum atomic E-state index is 11.2. The fraction of sp³-hybridized carbons (Fsp3) is 0.154. The summed E-state index contributed by atoms with van der Waals surface area (Å²) in [5, 5.41) is 12.0. The average Bonchev–Trinajstić information content (AvgIpc) is 2.30. The Morgan fingerprint density at radius 1 is 1.21 bits per heavy atom. The normalized spacial score (nSPS) is 10.2. The molecule has 0 saturated carbocycles. The van der Waals surface area contributed by atoms with Crippen molar-refractivity contribution in [1.29, 1.82) is 0 Å². The van der Waals surface area contributed by atoms with Gasteiger partial charge in [-0.05, 0) is 38.1 Å². The molecule has 0 amide bonds. The van der Waals surface area contributed by atoms with Gasteiger partial charge in [-0.2, -0.15) is 0 Å². The zero-order valence-electron chi connectivity index (χ0n) is 10.6. The first-order valence-electron chi connectivity index (χ1n) is 5.68. The molecule has 6 heteroatoms. The Hall–Kier alpha value is -2.63. The van der Waals surface area contributed by atoms with E-state index in [1.54, 1.807) is 12.1 Å². The monoisotopic (exact) mass is 258 g/mol. The number of nitrogens with one attached hydrogen (secondary N) is 1. The Morgan fingerprint density at radius 3 is 2.42 bits per heavy atom. The van der Waals surface area contributed by atoms with E-state index in [1.165, 1.54) is 6.07 Å². The van der Waals surface area contributed by atoms with Crippen molar-refractivity contribution in [3.63, 3.8) is 0 Å². The van der Waals surface area contributed by atoms with Crippen molar-refractivity contribution in [3.05, 3.63) is 41.2 Å². The quantitative estimate of drug-likeness (QED) is 0.729. The number of hydrogen-bond donors (Lipinski definition) is 3. The van der Waals surface area contributed by atoms with E-state index in [0.29, 0.717) is 17.3 Å². The predicted octanol–water partition coefficient (Wildman–Crippen LogP) is 2.12. The van der Waals surface area contributed by atoms with Gasteiger partial charge in [0.05, 0.1) is 11.3 Å². The molecule has 6 nitrogen and oxygen atoms in total. The number of rotatable bonds is 3. The summed E-state index contributed by atoms with van der Waals surface area (Å²) in [7, 11) is 0. The zero-order valence-corrected chi connectivity index (χ0v) is 10.6. The molecule has 1 heterocycles. The number of aromatic nitrogens is 2. The van der Waals surface area contributed by atoms with Gasteiger partial charge in [-0.3, -0.25) is 0 Å². The number of hydrogen-bond acceptors (Lipinski definition) is 5. The van der Waals surface area contributed by atoms with Gasteiger partial charge in [0.15, 0.2) is 0 Å². The van der Waals surface area contributed by atoms with Crippen LogP contribution in [0.25, 0.3) is 0 Å². The molecule has 0 fully saturated rings. The minimum Gasteiger partial charge on any atom is -0.478 e. The number of aromatic carboxylic acids is 1. The van der Waals surface area contributed by atoms with Crippen molar-refractivity contribution < 1.29 is 9.90 Å². The van der Waals surface area contributed by atoms with E-state index >= 15 is 0 Å². The van der Waals surface area contributed by atoms with Crippen LogP contribution in [0.1, 0.15) is 21.7 Å². The fourth-order valence-corrected chi connectivity index (χ4v) is 1.75. The molecular weight excluding hydrogens is 244 g/mol. The lowest BCUT2D eigenvalue weighted by molar-refractivity contribution is 0.0698. The van der Waals surface area contributed by atoms with Crippen molar-refractivity contribution in [2.24, 2.45) is 0 Å². The molecular formula is C13H14N4O2. The lowest BCUT2D eigenvalue weighted by Gasteiger charge is -2.10. The van der Waals surface area contributed by atoms with Crippen LogP contribution in [0.2, 0.25) is 0 Å². The molecule has 0 bridgehead atoms. The second-order valence-electron chi connectivity index (χ2n) is 4.21. The maximum Gasteiger partial charge on any atom is 0.337 e. The molecule has 0 unspecified atom stereocenters. The average molecular weight is 258 g/mol. The van der Waals surface area contributed by atoms with Crippen molar-refractivity contribution >= 4 is 23.3 Å². The van der Waals surface area contributed by atoms with Crippen LogP contribution in [0, 0.1) is 13.8 Å². The molecule has 2 rings (SSSR count). The van der Waals surface area contributed by atoms with E-state index in [4.69, 9.17) is 10.8 Å². The highest BCUT2D eigenvalue weighted by Gasteiger charge is 2.11. The molecule has 0 radical (unpaired) electrons. The van der Waals surface area contributed by atoms with E-state index in [-0.39, 0.29) is 5.56 Å². The summed E-state index contributed by atoms with van der Waals surface area (Å²) in [4.78, 5) is 19.6. The molecule has 2 aromatic rings. The van der Waals surface area contributed by atoms with E-state index in [0.717, 1.165) is 11.4 Å². The third-order valence-electron chi connectivity index (χ3n) is 2.50. The fourth-order valence-electron chi connectivity index (χ4n) is 1.75. The Kier molecular flexibility index (Phi) is 3.33. The van der Waals surface area contributed by atoms with Crippen LogP contribution in [-0.4, -0.2) is 21.0 Å². The lowest BCUT2D eigenvalue weighted by atomic mass is 10.1. The van der Waals surface area contributed by atoms with Gasteiger partial charge >= 0.3 is 5.97 Å². The molecule has 0 aliphatic carbocycles. The van der Waals surface area contributed by atoms with Gasteiger partial charge < -0.3 is 16.2 Å². The van der Waals surface area contributed by atoms with Crippen molar-refractivity contribution in [2.75, 3.05) is 11.1 Å². The molecule has 0 aliphatic rings. The highest BCUT2D eigenvalue weighted by Crippen LogP contribution is 2.22. The molecule has 19 heavy (non-hydrogen) atoms. The first-order chi connectivity index (χ1) is 8.95. The highest BCUT2D eigenvalue weighted by atomic mass is 16.4. The minimum absolute atomic E-state index is 0.0859. The van der Waals surface area contributed by atoms with Crippen LogP contribution in [0.5, 0.6) is 0 Å². The Balaban J connectivity index is 2.40. The number of nitrogens with two attached hydrogens (primary N) is 1. The third kappa shape index (κ3) is 2.98. The number of anilines is 3. The standard InChI is InChI=1S/C13H14N4O2/c1-7-5-8(2)16-13(15-7)17-11-4-3-9(14)6-10(11)12(18)19/h3-6H,14H2,1-2H3,(H,18,19)(H,15,16,17). The maximum absolute atomic E-state index is 11.2. The molecule has 0 saturated heterocycles. The smallest absolute Gasteiger partial charge is 0.337 e. The van der Waals surface area contributed by atoms with E-state index in [2.05, 4.69) is 15.3 Å².